The van der Waals surface area contributed by atoms with Gasteiger partial charge in [-0.3, -0.25) is 4.98 Å². The van der Waals surface area contributed by atoms with Crippen LogP contribution < -0.4 is 0 Å². The van der Waals surface area contributed by atoms with Gasteiger partial charge in [-0.1, -0.05) is 22.0 Å². The number of pyridine rings is 1. The Kier molecular flexibility index (Phi) is 2.69. The monoisotopic (exact) mass is 286 g/mol. The molecule has 0 amide bonds. The Morgan fingerprint density at radius 2 is 2.12 bits per heavy atom. The number of rotatable bonds is 2. The predicted molar refractivity (Wildman–Crippen MR) is 73.0 cm³/mol. The molecular weight excluding hydrogens is 276 g/mol. The summed E-state index contributed by atoms with van der Waals surface area (Å²) in [5.74, 6) is 0. The molecule has 0 aliphatic carbocycles. The lowest BCUT2D eigenvalue weighted by Gasteiger charge is -1.99. The van der Waals surface area contributed by atoms with Gasteiger partial charge in [0.1, 0.15) is 0 Å². The van der Waals surface area contributed by atoms with Crippen LogP contribution in [0.25, 0.3) is 10.9 Å². The maximum atomic E-state index is 4.36. The molecule has 3 rings (SSSR count). The zero-order chi connectivity index (χ0) is 11.7. The van der Waals surface area contributed by atoms with Crippen LogP contribution in [0.15, 0.2) is 53.3 Å². The second-order valence-corrected chi connectivity index (χ2v) is 4.92. The maximum Gasteiger partial charge on any atom is 0.0457 e. The van der Waals surface area contributed by atoms with Crippen LogP contribution in [0.1, 0.15) is 11.3 Å². The lowest BCUT2D eigenvalue weighted by Crippen LogP contribution is -1.89. The number of hydrogen-bond acceptors (Lipinski definition) is 1. The summed E-state index contributed by atoms with van der Waals surface area (Å²) in [6.45, 7) is 0. The molecule has 84 valence electrons. The number of benzene rings is 1. The number of H-pyrrole nitrogens is 1. The van der Waals surface area contributed by atoms with Crippen LogP contribution in [0, 0.1) is 0 Å². The van der Waals surface area contributed by atoms with Crippen molar-refractivity contribution in [3.05, 3.63) is 64.5 Å². The summed E-state index contributed by atoms with van der Waals surface area (Å²) < 4.78 is 1.10. The number of fused-ring (bicyclic) bond motifs is 1. The van der Waals surface area contributed by atoms with Crippen LogP contribution in [-0.4, -0.2) is 9.97 Å². The van der Waals surface area contributed by atoms with Crippen molar-refractivity contribution in [3.63, 3.8) is 0 Å². The highest BCUT2D eigenvalue weighted by Crippen LogP contribution is 2.24. The van der Waals surface area contributed by atoms with E-state index in [9.17, 15) is 0 Å². The zero-order valence-corrected chi connectivity index (χ0v) is 10.7. The quantitative estimate of drug-likeness (QED) is 0.760. The summed E-state index contributed by atoms with van der Waals surface area (Å²) in [6.07, 6.45) is 4.75. The van der Waals surface area contributed by atoms with E-state index in [1.807, 2.05) is 24.4 Å². The molecule has 2 heterocycles. The predicted octanol–water partition coefficient (Wildman–Crippen LogP) is 3.92. The average molecular weight is 287 g/mol. The van der Waals surface area contributed by atoms with Gasteiger partial charge in [0.25, 0.3) is 0 Å². The third-order valence-electron chi connectivity index (χ3n) is 2.83. The Labute approximate surface area is 108 Å². The molecule has 3 aromatic rings. The lowest BCUT2D eigenvalue weighted by molar-refractivity contribution is 1.08. The molecule has 2 nitrogen and oxygen atoms in total. The summed E-state index contributed by atoms with van der Waals surface area (Å²) in [4.78, 5) is 7.64. The fourth-order valence-corrected chi connectivity index (χ4v) is 2.36. The van der Waals surface area contributed by atoms with Crippen molar-refractivity contribution in [2.45, 2.75) is 6.42 Å². The molecule has 0 spiro atoms. The number of nitrogens with zero attached hydrogens (tertiary/aromatic N) is 1. The molecule has 0 aliphatic heterocycles. The summed E-state index contributed by atoms with van der Waals surface area (Å²) in [7, 11) is 0. The first-order valence-electron chi connectivity index (χ1n) is 5.48. The maximum absolute atomic E-state index is 4.36. The van der Waals surface area contributed by atoms with E-state index < -0.39 is 0 Å². The summed E-state index contributed by atoms with van der Waals surface area (Å²) in [5.41, 5.74) is 3.53. The summed E-state index contributed by atoms with van der Waals surface area (Å²) in [6, 6.07) is 12.3. The summed E-state index contributed by atoms with van der Waals surface area (Å²) >= 11 is 3.51. The normalized spacial score (nSPS) is 10.9. The molecule has 2 aromatic heterocycles. The topological polar surface area (TPSA) is 28.7 Å². The highest BCUT2D eigenvalue weighted by atomic mass is 79.9. The Morgan fingerprint density at radius 3 is 2.94 bits per heavy atom. The molecular formula is C14H11BrN2. The molecule has 17 heavy (non-hydrogen) atoms. The Bertz CT molecular complexity index is 644. The number of aromatic amines is 1. The van der Waals surface area contributed by atoms with E-state index in [1.165, 1.54) is 16.5 Å². The number of nitrogens with one attached hydrogen (secondary N) is 1. The van der Waals surface area contributed by atoms with E-state index in [0.717, 1.165) is 16.6 Å². The van der Waals surface area contributed by atoms with Crippen molar-refractivity contribution < 1.29 is 0 Å². The Morgan fingerprint density at radius 1 is 1.18 bits per heavy atom. The smallest absolute Gasteiger partial charge is 0.0457 e. The standard InChI is InChI=1S/C14H11BrN2/c15-11-4-5-14-13(8-11)10(9-17-14)7-12-3-1-2-6-16-12/h1-6,8-9,17H,7H2. The highest BCUT2D eigenvalue weighted by molar-refractivity contribution is 9.10. The minimum atomic E-state index is 0.858. The van der Waals surface area contributed by atoms with Crippen molar-refractivity contribution in [2.75, 3.05) is 0 Å². The molecule has 0 saturated carbocycles. The molecule has 3 heteroatoms. The van der Waals surface area contributed by atoms with Gasteiger partial charge in [0.2, 0.25) is 0 Å². The lowest BCUT2D eigenvalue weighted by atomic mass is 10.1. The number of hydrogen-bond donors (Lipinski definition) is 1. The van der Waals surface area contributed by atoms with Crippen LogP contribution in [0.2, 0.25) is 0 Å². The highest BCUT2D eigenvalue weighted by Gasteiger charge is 2.05. The van der Waals surface area contributed by atoms with Crippen molar-refractivity contribution in [1.82, 2.24) is 9.97 Å². The Hall–Kier alpha value is -1.61. The van der Waals surface area contributed by atoms with Gasteiger partial charge in [-0.15, -0.1) is 0 Å². The van der Waals surface area contributed by atoms with Gasteiger partial charge in [-0.05, 0) is 35.9 Å². The largest absolute Gasteiger partial charge is 0.361 e. The van der Waals surface area contributed by atoms with Crippen LogP contribution >= 0.6 is 15.9 Å². The molecule has 0 radical (unpaired) electrons. The van der Waals surface area contributed by atoms with Gasteiger partial charge in [-0.2, -0.15) is 0 Å². The molecule has 0 atom stereocenters. The zero-order valence-electron chi connectivity index (χ0n) is 9.15. The van der Waals surface area contributed by atoms with Crippen molar-refractivity contribution in [3.8, 4) is 0 Å². The minimum Gasteiger partial charge on any atom is -0.361 e. The van der Waals surface area contributed by atoms with E-state index in [2.05, 4.69) is 50.3 Å². The van der Waals surface area contributed by atoms with Crippen LogP contribution in [0.3, 0.4) is 0 Å². The van der Waals surface area contributed by atoms with Gasteiger partial charge >= 0.3 is 0 Å². The minimum absolute atomic E-state index is 0.858. The molecule has 1 aromatic carbocycles. The average Bonchev–Trinajstić information content (AvgIpc) is 2.73. The van der Waals surface area contributed by atoms with Crippen molar-refractivity contribution in [2.24, 2.45) is 0 Å². The van der Waals surface area contributed by atoms with Gasteiger partial charge in [-0.25, -0.2) is 0 Å². The van der Waals surface area contributed by atoms with Gasteiger partial charge < -0.3 is 4.98 Å². The first kappa shape index (κ1) is 10.5. The Balaban J connectivity index is 2.03. The van der Waals surface area contributed by atoms with Crippen LogP contribution in [0.5, 0.6) is 0 Å². The van der Waals surface area contributed by atoms with Crippen LogP contribution in [-0.2, 0) is 6.42 Å². The first-order chi connectivity index (χ1) is 8.33. The third kappa shape index (κ3) is 2.11. The van der Waals surface area contributed by atoms with E-state index in [0.29, 0.717) is 0 Å². The number of aromatic nitrogens is 2. The fraction of sp³-hybridized carbons (Fsp3) is 0.0714. The number of halogens is 1. The van der Waals surface area contributed by atoms with Crippen LogP contribution in [0.4, 0.5) is 0 Å². The third-order valence-corrected chi connectivity index (χ3v) is 3.32. The second-order valence-electron chi connectivity index (χ2n) is 4.00. The van der Waals surface area contributed by atoms with E-state index in [4.69, 9.17) is 0 Å². The van der Waals surface area contributed by atoms with Crippen molar-refractivity contribution in [1.29, 1.82) is 0 Å². The van der Waals surface area contributed by atoms with Gasteiger partial charge in [0.15, 0.2) is 0 Å². The molecule has 0 unspecified atom stereocenters. The molecule has 0 bridgehead atoms. The summed E-state index contributed by atoms with van der Waals surface area (Å²) in [5, 5.41) is 1.25. The van der Waals surface area contributed by atoms with Gasteiger partial charge in [0, 0.05) is 39.9 Å². The van der Waals surface area contributed by atoms with E-state index >= 15 is 0 Å². The molecule has 0 aliphatic rings. The van der Waals surface area contributed by atoms with E-state index in [1.54, 1.807) is 0 Å². The van der Waals surface area contributed by atoms with Crippen molar-refractivity contribution >= 4 is 26.8 Å². The first-order valence-corrected chi connectivity index (χ1v) is 6.27. The van der Waals surface area contributed by atoms with E-state index in [-0.39, 0.29) is 0 Å². The fourth-order valence-electron chi connectivity index (χ4n) is 1.99. The molecule has 0 fully saturated rings. The second kappa shape index (κ2) is 4.34. The SMILES string of the molecule is Brc1ccc2[nH]cc(Cc3ccccn3)c2c1. The molecule has 1 N–H and O–H groups in total. The molecule has 0 saturated heterocycles. The van der Waals surface area contributed by atoms with Gasteiger partial charge in [0.05, 0.1) is 0 Å².